The van der Waals surface area contributed by atoms with Crippen molar-refractivity contribution in [2.45, 2.75) is 4.90 Å². The van der Waals surface area contributed by atoms with E-state index in [1.54, 1.807) is 7.05 Å². The molecule has 0 saturated heterocycles. The van der Waals surface area contributed by atoms with Crippen molar-refractivity contribution in [1.29, 1.82) is 0 Å². The third kappa shape index (κ3) is 1.73. The lowest BCUT2D eigenvalue weighted by atomic mass is 10.5. The SMILES string of the molecule is CNc1nc(Cl)nc(N)c1SC. The zero-order chi connectivity index (χ0) is 9.14. The van der Waals surface area contributed by atoms with Crippen LogP contribution in [0.1, 0.15) is 0 Å². The second kappa shape index (κ2) is 3.82. The van der Waals surface area contributed by atoms with Gasteiger partial charge in [-0.2, -0.15) is 9.97 Å². The van der Waals surface area contributed by atoms with Gasteiger partial charge in [-0.15, -0.1) is 11.8 Å². The van der Waals surface area contributed by atoms with Crippen LogP contribution in [0.3, 0.4) is 0 Å². The number of rotatable bonds is 2. The standard InChI is InChI=1S/C6H9ClN4S/c1-9-5-3(12-2)4(8)10-6(7)11-5/h1-2H3,(H3,8,9,10,11). The highest BCUT2D eigenvalue weighted by molar-refractivity contribution is 7.98. The molecule has 0 aliphatic rings. The molecule has 0 saturated carbocycles. The number of nitrogens with two attached hydrogens (primary N) is 1. The number of anilines is 2. The molecule has 0 fully saturated rings. The van der Waals surface area contributed by atoms with Crippen LogP contribution in [0.25, 0.3) is 0 Å². The van der Waals surface area contributed by atoms with Gasteiger partial charge in [0.25, 0.3) is 0 Å². The molecule has 0 radical (unpaired) electrons. The Balaban J connectivity index is 3.24. The van der Waals surface area contributed by atoms with Gasteiger partial charge in [0.05, 0.1) is 4.90 Å². The third-order valence-corrected chi connectivity index (χ3v) is 2.29. The Morgan fingerprint density at radius 1 is 1.50 bits per heavy atom. The van der Waals surface area contributed by atoms with Gasteiger partial charge >= 0.3 is 0 Å². The summed E-state index contributed by atoms with van der Waals surface area (Å²) in [6, 6.07) is 0. The van der Waals surface area contributed by atoms with E-state index >= 15 is 0 Å². The van der Waals surface area contributed by atoms with Crippen LogP contribution >= 0.6 is 23.4 Å². The maximum absolute atomic E-state index is 5.61. The molecule has 0 unspecified atom stereocenters. The Bertz CT molecular complexity index is 291. The Morgan fingerprint density at radius 3 is 2.67 bits per heavy atom. The predicted molar refractivity (Wildman–Crippen MR) is 52.8 cm³/mol. The maximum atomic E-state index is 5.61. The highest BCUT2D eigenvalue weighted by Gasteiger charge is 2.08. The molecule has 0 aliphatic carbocycles. The van der Waals surface area contributed by atoms with Gasteiger partial charge in [0.15, 0.2) is 0 Å². The molecule has 4 nitrogen and oxygen atoms in total. The number of hydrogen-bond acceptors (Lipinski definition) is 5. The minimum atomic E-state index is 0.162. The number of nitrogens with one attached hydrogen (secondary N) is 1. The average molecular weight is 205 g/mol. The first-order chi connectivity index (χ1) is 5.69. The number of halogens is 1. The van der Waals surface area contributed by atoms with Gasteiger partial charge < -0.3 is 11.1 Å². The van der Waals surface area contributed by atoms with E-state index < -0.39 is 0 Å². The van der Waals surface area contributed by atoms with E-state index in [-0.39, 0.29) is 5.28 Å². The number of aromatic nitrogens is 2. The van der Waals surface area contributed by atoms with Gasteiger partial charge in [0.1, 0.15) is 11.6 Å². The molecule has 66 valence electrons. The highest BCUT2D eigenvalue weighted by atomic mass is 35.5. The molecule has 12 heavy (non-hydrogen) atoms. The summed E-state index contributed by atoms with van der Waals surface area (Å²) < 4.78 is 0. The molecule has 6 heteroatoms. The first kappa shape index (κ1) is 9.41. The van der Waals surface area contributed by atoms with Crippen LogP contribution in [0.15, 0.2) is 4.90 Å². The van der Waals surface area contributed by atoms with Crippen molar-refractivity contribution < 1.29 is 0 Å². The van der Waals surface area contributed by atoms with Crippen LogP contribution in [0, 0.1) is 0 Å². The molecular weight excluding hydrogens is 196 g/mol. The summed E-state index contributed by atoms with van der Waals surface area (Å²) in [6.45, 7) is 0. The molecule has 3 N–H and O–H groups in total. The Morgan fingerprint density at radius 2 is 2.17 bits per heavy atom. The molecule has 0 aromatic carbocycles. The zero-order valence-electron chi connectivity index (χ0n) is 6.76. The third-order valence-electron chi connectivity index (χ3n) is 1.31. The summed E-state index contributed by atoms with van der Waals surface area (Å²) in [5.41, 5.74) is 5.61. The minimum absolute atomic E-state index is 0.162. The van der Waals surface area contributed by atoms with Gasteiger partial charge in [0, 0.05) is 7.05 Å². The highest BCUT2D eigenvalue weighted by Crippen LogP contribution is 2.28. The van der Waals surface area contributed by atoms with Crippen LogP contribution in [0.2, 0.25) is 5.28 Å². The minimum Gasteiger partial charge on any atom is -0.383 e. The molecule has 0 bridgehead atoms. The van der Waals surface area contributed by atoms with E-state index in [0.29, 0.717) is 11.6 Å². The summed E-state index contributed by atoms with van der Waals surface area (Å²) >= 11 is 7.09. The number of nitrogen functional groups attached to an aromatic ring is 1. The van der Waals surface area contributed by atoms with E-state index in [2.05, 4.69) is 15.3 Å². The van der Waals surface area contributed by atoms with Gasteiger partial charge in [-0.25, -0.2) is 0 Å². The van der Waals surface area contributed by atoms with Crippen molar-refractivity contribution in [3.05, 3.63) is 5.28 Å². The second-order valence-electron chi connectivity index (χ2n) is 2.01. The Hall–Kier alpha value is -0.680. The van der Waals surface area contributed by atoms with Gasteiger partial charge in [-0.05, 0) is 17.9 Å². The molecule has 0 spiro atoms. The van der Waals surface area contributed by atoms with Gasteiger partial charge in [-0.1, -0.05) is 0 Å². The van der Waals surface area contributed by atoms with Gasteiger partial charge in [-0.3, -0.25) is 0 Å². The molecule has 0 amide bonds. The molecular formula is C6H9ClN4S. The summed E-state index contributed by atoms with van der Waals surface area (Å²) in [7, 11) is 1.76. The van der Waals surface area contributed by atoms with E-state index in [1.165, 1.54) is 11.8 Å². The normalized spacial score (nSPS) is 9.92. The molecule has 0 atom stereocenters. The fraction of sp³-hybridized carbons (Fsp3) is 0.333. The van der Waals surface area contributed by atoms with Crippen molar-refractivity contribution in [2.24, 2.45) is 0 Å². The quantitative estimate of drug-likeness (QED) is 0.565. The topological polar surface area (TPSA) is 63.8 Å². The van der Waals surface area contributed by atoms with Crippen molar-refractivity contribution in [1.82, 2.24) is 9.97 Å². The molecule has 1 aromatic rings. The Kier molecular flexibility index (Phi) is 2.99. The van der Waals surface area contributed by atoms with Crippen molar-refractivity contribution in [2.75, 3.05) is 24.4 Å². The van der Waals surface area contributed by atoms with Crippen LogP contribution in [-0.2, 0) is 0 Å². The van der Waals surface area contributed by atoms with Crippen LogP contribution in [0.5, 0.6) is 0 Å². The number of nitrogens with zero attached hydrogens (tertiary/aromatic N) is 2. The lowest BCUT2D eigenvalue weighted by Gasteiger charge is -2.07. The summed E-state index contributed by atoms with van der Waals surface area (Å²) in [4.78, 5) is 8.61. The smallest absolute Gasteiger partial charge is 0.226 e. The van der Waals surface area contributed by atoms with E-state index in [9.17, 15) is 0 Å². The van der Waals surface area contributed by atoms with E-state index in [1.807, 2.05) is 6.26 Å². The van der Waals surface area contributed by atoms with Crippen molar-refractivity contribution in [3.8, 4) is 0 Å². The summed E-state index contributed by atoms with van der Waals surface area (Å²) in [5.74, 6) is 1.08. The second-order valence-corrected chi connectivity index (χ2v) is 3.16. The maximum Gasteiger partial charge on any atom is 0.226 e. The molecule has 1 rings (SSSR count). The first-order valence-electron chi connectivity index (χ1n) is 3.23. The predicted octanol–water partition coefficient (Wildman–Crippen LogP) is 1.48. The molecule has 1 heterocycles. The fourth-order valence-electron chi connectivity index (χ4n) is 0.810. The lowest BCUT2D eigenvalue weighted by molar-refractivity contribution is 1.11. The Labute approximate surface area is 79.9 Å². The van der Waals surface area contributed by atoms with E-state index in [4.69, 9.17) is 17.3 Å². The number of hydrogen-bond donors (Lipinski definition) is 2. The molecule has 1 aromatic heterocycles. The number of thioether (sulfide) groups is 1. The van der Waals surface area contributed by atoms with Crippen LogP contribution < -0.4 is 11.1 Å². The lowest BCUT2D eigenvalue weighted by Crippen LogP contribution is -2.02. The fourth-order valence-corrected chi connectivity index (χ4v) is 1.58. The van der Waals surface area contributed by atoms with Crippen LogP contribution in [0.4, 0.5) is 11.6 Å². The van der Waals surface area contributed by atoms with E-state index in [0.717, 1.165) is 4.90 Å². The zero-order valence-corrected chi connectivity index (χ0v) is 8.33. The van der Waals surface area contributed by atoms with Crippen molar-refractivity contribution in [3.63, 3.8) is 0 Å². The first-order valence-corrected chi connectivity index (χ1v) is 4.84. The monoisotopic (exact) mass is 204 g/mol. The van der Waals surface area contributed by atoms with Gasteiger partial charge in [0.2, 0.25) is 5.28 Å². The summed E-state index contributed by atoms with van der Waals surface area (Å²) in [5, 5.41) is 3.05. The summed E-state index contributed by atoms with van der Waals surface area (Å²) in [6.07, 6.45) is 1.91. The van der Waals surface area contributed by atoms with Crippen molar-refractivity contribution >= 4 is 35.0 Å². The largest absolute Gasteiger partial charge is 0.383 e. The molecule has 0 aliphatic heterocycles. The average Bonchev–Trinajstić information content (AvgIpc) is 2.03. The van der Waals surface area contributed by atoms with Crippen LogP contribution in [-0.4, -0.2) is 23.3 Å².